The number of hydrogen-bond acceptors (Lipinski definition) is 3. The summed E-state index contributed by atoms with van der Waals surface area (Å²) < 4.78 is 7.09. The van der Waals surface area contributed by atoms with Gasteiger partial charge in [-0.1, -0.05) is 170 Å². The second-order valence-corrected chi connectivity index (χ2v) is 15.6. The monoisotopic (exact) mass is 778 g/mol. The van der Waals surface area contributed by atoms with E-state index in [-0.39, 0.29) is 0 Å². The molecule has 0 saturated heterocycles. The molecule has 0 aliphatic rings. The summed E-state index contributed by atoms with van der Waals surface area (Å²) >= 11 is 0. The van der Waals surface area contributed by atoms with Gasteiger partial charge >= 0.3 is 0 Å². The van der Waals surface area contributed by atoms with Crippen molar-refractivity contribution in [3.05, 3.63) is 231 Å². The molecule has 0 amide bonds. The number of rotatable bonds is 7. The Morgan fingerprint density at radius 1 is 0.311 bits per heavy atom. The minimum atomic E-state index is 0.864. The molecule has 11 aromatic carbocycles. The molecule has 0 N–H and O–H groups in total. The number of nitrogens with zero attached hydrogens (tertiary/aromatic N) is 2. The molecule has 0 atom stereocenters. The van der Waals surface area contributed by atoms with Gasteiger partial charge in [-0.25, -0.2) is 0 Å². The molecule has 1 heterocycles. The molecule has 0 aliphatic carbocycles. The minimum Gasteiger partial charge on any atom is -0.454 e. The fraction of sp³-hybridized carbons (Fsp3) is 0. The Labute approximate surface area is 353 Å². The number of fused-ring (bicyclic) bond motifs is 9. The first-order valence-corrected chi connectivity index (χ1v) is 20.9. The molecule has 0 spiro atoms. The summed E-state index contributed by atoms with van der Waals surface area (Å²) in [5.74, 6) is 0. The number of hydrogen-bond donors (Lipinski definition) is 0. The lowest BCUT2D eigenvalue weighted by Crippen LogP contribution is -2.12. The van der Waals surface area contributed by atoms with Crippen molar-refractivity contribution in [2.24, 2.45) is 0 Å². The van der Waals surface area contributed by atoms with Gasteiger partial charge in [-0.3, -0.25) is 0 Å². The molecule has 0 radical (unpaired) electrons. The summed E-state index contributed by atoms with van der Waals surface area (Å²) in [6.07, 6.45) is 0. The van der Waals surface area contributed by atoms with Crippen LogP contribution in [-0.4, -0.2) is 0 Å². The summed E-state index contributed by atoms with van der Waals surface area (Å²) in [5.41, 5.74) is 10.6. The van der Waals surface area contributed by atoms with Crippen LogP contribution < -0.4 is 9.80 Å². The molecule has 1 aromatic heterocycles. The summed E-state index contributed by atoms with van der Waals surface area (Å²) in [7, 11) is 0. The van der Waals surface area contributed by atoms with Crippen molar-refractivity contribution in [3.63, 3.8) is 0 Å². The Morgan fingerprint density at radius 2 is 0.754 bits per heavy atom. The summed E-state index contributed by atoms with van der Waals surface area (Å²) in [6.45, 7) is 0. The van der Waals surface area contributed by atoms with E-state index >= 15 is 0 Å². The van der Waals surface area contributed by atoms with Crippen LogP contribution in [0.1, 0.15) is 0 Å². The van der Waals surface area contributed by atoms with Crippen molar-refractivity contribution in [2.45, 2.75) is 0 Å². The zero-order valence-corrected chi connectivity index (χ0v) is 33.2. The molecule has 12 rings (SSSR count). The zero-order chi connectivity index (χ0) is 40.3. The van der Waals surface area contributed by atoms with Crippen molar-refractivity contribution in [2.75, 3.05) is 9.80 Å². The van der Waals surface area contributed by atoms with Gasteiger partial charge in [-0.15, -0.1) is 0 Å². The number of para-hydroxylation sites is 3. The van der Waals surface area contributed by atoms with E-state index in [2.05, 4.69) is 240 Å². The van der Waals surface area contributed by atoms with Gasteiger partial charge in [0, 0.05) is 44.3 Å². The predicted molar refractivity (Wildman–Crippen MR) is 259 cm³/mol. The molecule has 12 aromatic rings. The third kappa shape index (κ3) is 5.66. The topological polar surface area (TPSA) is 19.6 Å². The fourth-order valence-corrected chi connectivity index (χ4v) is 9.54. The molecule has 0 fully saturated rings. The molecule has 0 aliphatic heterocycles. The van der Waals surface area contributed by atoms with E-state index in [0.717, 1.165) is 77.8 Å². The van der Waals surface area contributed by atoms with Gasteiger partial charge in [-0.2, -0.15) is 0 Å². The SMILES string of the molecule is c1ccc(N(c2ccccc2)c2ccc(-c3c4ccccc4c(N(c4ccccc4)c4cc5ccccc5c5c4oc4ccc6ccccc6c45)c4ccccc34)cc2)cc1. The van der Waals surface area contributed by atoms with Gasteiger partial charge in [0.25, 0.3) is 0 Å². The van der Waals surface area contributed by atoms with Crippen LogP contribution in [0.3, 0.4) is 0 Å². The largest absolute Gasteiger partial charge is 0.454 e. The number of anilines is 6. The Balaban J connectivity index is 1.13. The molecular weight excluding hydrogens is 741 g/mol. The van der Waals surface area contributed by atoms with Crippen LogP contribution in [0, 0.1) is 0 Å². The lowest BCUT2D eigenvalue weighted by atomic mass is 9.89. The zero-order valence-electron chi connectivity index (χ0n) is 33.2. The second kappa shape index (κ2) is 14.3. The van der Waals surface area contributed by atoms with Crippen LogP contribution in [0.5, 0.6) is 0 Å². The van der Waals surface area contributed by atoms with Crippen molar-refractivity contribution in [1.29, 1.82) is 0 Å². The Bertz CT molecular complexity index is 3480. The van der Waals surface area contributed by atoms with Gasteiger partial charge in [0.15, 0.2) is 5.58 Å². The van der Waals surface area contributed by atoms with Crippen LogP contribution in [0.15, 0.2) is 235 Å². The molecule has 0 unspecified atom stereocenters. The lowest BCUT2D eigenvalue weighted by Gasteiger charge is -2.30. The van der Waals surface area contributed by atoms with Gasteiger partial charge in [0.1, 0.15) is 5.58 Å². The molecule has 0 bridgehead atoms. The average Bonchev–Trinajstić information content (AvgIpc) is 3.74. The standard InChI is InChI=1S/C58H38N2O/c1-4-20-42(21-5-1)59(43-22-6-2-7-23-43)45-35-32-40(33-36-45)54-48-28-14-16-30-50(48)57(51-31-17-15-29-49(51)54)60(44-24-8-3-9-25-44)52-38-41-19-11-13-27-47(41)56-55-46-26-12-10-18-39(46)34-37-53(55)61-58(52)56/h1-38H. The first-order chi connectivity index (χ1) is 30.3. The first-order valence-electron chi connectivity index (χ1n) is 20.9. The molecule has 3 heteroatoms. The maximum Gasteiger partial charge on any atom is 0.160 e. The Kier molecular flexibility index (Phi) is 8.17. The van der Waals surface area contributed by atoms with Crippen LogP contribution in [0.25, 0.3) is 76.2 Å². The van der Waals surface area contributed by atoms with E-state index in [0.29, 0.717) is 0 Å². The average molecular weight is 779 g/mol. The highest BCUT2D eigenvalue weighted by atomic mass is 16.3. The van der Waals surface area contributed by atoms with E-state index < -0.39 is 0 Å². The van der Waals surface area contributed by atoms with Crippen LogP contribution >= 0.6 is 0 Å². The first kappa shape index (κ1) is 34.9. The Morgan fingerprint density at radius 3 is 1.33 bits per heavy atom. The van der Waals surface area contributed by atoms with Crippen LogP contribution in [0.2, 0.25) is 0 Å². The summed E-state index contributed by atoms with van der Waals surface area (Å²) in [5, 5.41) is 11.7. The maximum atomic E-state index is 7.09. The lowest BCUT2D eigenvalue weighted by molar-refractivity contribution is 0.669. The van der Waals surface area contributed by atoms with Crippen LogP contribution in [0.4, 0.5) is 34.1 Å². The molecule has 286 valence electrons. The van der Waals surface area contributed by atoms with E-state index in [9.17, 15) is 0 Å². The second-order valence-electron chi connectivity index (χ2n) is 15.6. The smallest absolute Gasteiger partial charge is 0.160 e. The highest BCUT2D eigenvalue weighted by Crippen LogP contribution is 2.52. The van der Waals surface area contributed by atoms with E-state index in [1.807, 2.05) is 0 Å². The predicted octanol–water partition coefficient (Wildman–Crippen LogP) is 16.8. The molecular formula is C58H38N2O. The van der Waals surface area contributed by atoms with Crippen molar-refractivity contribution < 1.29 is 4.42 Å². The molecule has 3 nitrogen and oxygen atoms in total. The van der Waals surface area contributed by atoms with Gasteiger partial charge in [0.2, 0.25) is 0 Å². The number of benzene rings is 11. The summed E-state index contributed by atoms with van der Waals surface area (Å²) in [4.78, 5) is 4.75. The van der Waals surface area contributed by atoms with E-state index in [4.69, 9.17) is 4.42 Å². The highest BCUT2D eigenvalue weighted by molar-refractivity contribution is 6.30. The molecule has 0 saturated carbocycles. The van der Waals surface area contributed by atoms with Gasteiger partial charge < -0.3 is 14.2 Å². The third-order valence-electron chi connectivity index (χ3n) is 12.2. The quantitative estimate of drug-likeness (QED) is 0.150. The molecule has 61 heavy (non-hydrogen) atoms. The number of furan rings is 1. The third-order valence-corrected chi connectivity index (χ3v) is 12.2. The fourth-order valence-electron chi connectivity index (χ4n) is 9.54. The van der Waals surface area contributed by atoms with Crippen molar-refractivity contribution in [1.82, 2.24) is 0 Å². The van der Waals surface area contributed by atoms with E-state index in [1.54, 1.807) is 0 Å². The maximum absolute atomic E-state index is 7.09. The minimum absolute atomic E-state index is 0.864. The van der Waals surface area contributed by atoms with Crippen molar-refractivity contribution in [3.8, 4) is 11.1 Å². The van der Waals surface area contributed by atoms with E-state index in [1.165, 1.54) is 32.5 Å². The normalized spacial score (nSPS) is 11.6. The van der Waals surface area contributed by atoms with Gasteiger partial charge in [-0.05, 0) is 104 Å². The van der Waals surface area contributed by atoms with Crippen molar-refractivity contribution >= 4 is 99.2 Å². The van der Waals surface area contributed by atoms with Gasteiger partial charge in [0.05, 0.1) is 11.4 Å². The highest BCUT2D eigenvalue weighted by Gasteiger charge is 2.27. The van der Waals surface area contributed by atoms with Crippen LogP contribution in [-0.2, 0) is 0 Å². The summed E-state index contributed by atoms with van der Waals surface area (Å²) in [6, 6.07) is 82.7. The Hall–Kier alpha value is -8.14.